The van der Waals surface area contributed by atoms with Crippen LogP contribution >= 0.6 is 0 Å². The minimum Gasteiger partial charge on any atom is -0.482 e. The summed E-state index contributed by atoms with van der Waals surface area (Å²) in [5.74, 6) is -1.10. The maximum absolute atomic E-state index is 11.9. The number of amides is 1. The first-order chi connectivity index (χ1) is 12.8. The molecule has 2 rings (SSSR count). The molecule has 0 unspecified atom stereocenters. The molecule has 9 heteroatoms. The summed E-state index contributed by atoms with van der Waals surface area (Å²) in [6.07, 6.45) is 1.70. The lowest BCUT2D eigenvalue weighted by Crippen LogP contribution is -2.24. The van der Waals surface area contributed by atoms with Crippen molar-refractivity contribution < 1.29 is 32.3 Å². The summed E-state index contributed by atoms with van der Waals surface area (Å²) in [6, 6.07) is 12.0. The van der Waals surface area contributed by atoms with Crippen LogP contribution in [0.3, 0.4) is 0 Å². The molecule has 0 saturated heterocycles. The van der Waals surface area contributed by atoms with Gasteiger partial charge in [0.15, 0.2) is 23.1 Å². The van der Waals surface area contributed by atoms with E-state index in [1.54, 1.807) is 6.07 Å². The van der Waals surface area contributed by atoms with E-state index in [0.29, 0.717) is 17.6 Å². The Morgan fingerprint density at radius 3 is 2.33 bits per heavy atom. The van der Waals surface area contributed by atoms with Crippen LogP contribution in [0.2, 0.25) is 0 Å². The van der Waals surface area contributed by atoms with Gasteiger partial charge < -0.3 is 14.8 Å². The third-order valence-electron chi connectivity index (χ3n) is 3.30. The summed E-state index contributed by atoms with van der Waals surface area (Å²) in [6.45, 7) is -1.02. The number of esters is 1. The summed E-state index contributed by atoms with van der Waals surface area (Å²) >= 11 is 0. The van der Waals surface area contributed by atoms with Crippen molar-refractivity contribution in [2.75, 3.05) is 24.8 Å². The molecule has 0 aliphatic rings. The van der Waals surface area contributed by atoms with Crippen LogP contribution in [0.4, 0.5) is 5.69 Å². The zero-order valence-corrected chi connectivity index (χ0v) is 15.2. The monoisotopic (exact) mass is 391 g/mol. The van der Waals surface area contributed by atoms with Crippen LogP contribution < -0.4 is 10.1 Å². The Hall–Kier alpha value is -3.20. The van der Waals surface area contributed by atoms with Gasteiger partial charge in [-0.25, -0.2) is 13.2 Å². The van der Waals surface area contributed by atoms with E-state index in [4.69, 9.17) is 9.47 Å². The predicted molar refractivity (Wildman–Crippen MR) is 96.5 cm³/mol. The number of nitrogens with one attached hydrogen (secondary N) is 1. The van der Waals surface area contributed by atoms with Crippen molar-refractivity contribution in [1.82, 2.24) is 0 Å². The highest BCUT2D eigenvalue weighted by Gasteiger charge is 2.15. The van der Waals surface area contributed by atoms with E-state index < -0.39 is 34.9 Å². The third kappa shape index (κ3) is 6.23. The van der Waals surface area contributed by atoms with Crippen molar-refractivity contribution >= 4 is 33.7 Å². The van der Waals surface area contributed by atoms with E-state index in [9.17, 15) is 22.8 Å². The molecule has 142 valence electrons. The number of aldehydes is 1. The van der Waals surface area contributed by atoms with Crippen LogP contribution in [0.25, 0.3) is 0 Å². The van der Waals surface area contributed by atoms with Gasteiger partial charge in [0.2, 0.25) is 0 Å². The topological polar surface area (TPSA) is 116 Å². The van der Waals surface area contributed by atoms with Gasteiger partial charge in [0.05, 0.1) is 10.6 Å². The van der Waals surface area contributed by atoms with Gasteiger partial charge >= 0.3 is 5.97 Å². The number of sulfone groups is 1. The molecule has 2 aromatic carbocycles. The number of hydrogen-bond donors (Lipinski definition) is 1. The van der Waals surface area contributed by atoms with Gasteiger partial charge in [0.25, 0.3) is 5.91 Å². The van der Waals surface area contributed by atoms with Gasteiger partial charge in [-0.1, -0.05) is 12.1 Å². The van der Waals surface area contributed by atoms with Gasteiger partial charge in [-0.3, -0.25) is 9.59 Å². The molecule has 2 aromatic rings. The lowest BCUT2D eigenvalue weighted by molar-refractivity contribution is -0.149. The summed E-state index contributed by atoms with van der Waals surface area (Å²) < 4.78 is 33.3. The largest absolute Gasteiger partial charge is 0.482 e. The molecule has 8 nitrogen and oxygen atoms in total. The van der Waals surface area contributed by atoms with E-state index in [2.05, 4.69) is 5.32 Å². The molecule has 0 fully saturated rings. The molecule has 0 aromatic heterocycles. The number of carbonyl (C=O) groups is 3. The summed E-state index contributed by atoms with van der Waals surface area (Å²) in [7, 11) is -3.52. The lowest BCUT2D eigenvalue weighted by Gasteiger charge is -2.10. The molecule has 27 heavy (non-hydrogen) atoms. The van der Waals surface area contributed by atoms with Gasteiger partial charge in [-0.2, -0.15) is 0 Å². The molecule has 0 aliphatic carbocycles. The Balaban J connectivity index is 1.83. The van der Waals surface area contributed by atoms with Crippen molar-refractivity contribution in [1.29, 1.82) is 0 Å². The molecular formula is C18H17NO7S. The highest BCUT2D eigenvalue weighted by atomic mass is 32.2. The normalized spacial score (nSPS) is 10.7. The Morgan fingerprint density at radius 2 is 1.70 bits per heavy atom. The van der Waals surface area contributed by atoms with Crippen molar-refractivity contribution in [2.45, 2.75) is 4.90 Å². The maximum Gasteiger partial charge on any atom is 0.344 e. The van der Waals surface area contributed by atoms with Crippen molar-refractivity contribution in [2.24, 2.45) is 0 Å². The first-order valence-corrected chi connectivity index (χ1v) is 9.61. The highest BCUT2D eigenvalue weighted by molar-refractivity contribution is 7.90. The zero-order chi connectivity index (χ0) is 19.9. The standard InChI is InChI=1S/C18H17NO7S/c1-27(23,24)16-5-3-2-4-15(16)19-17(21)11-26-18(22)12-25-14-8-6-13(10-20)7-9-14/h2-10H,11-12H2,1H3,(H,19,21). The first kappa shape index (κ1) is 20.1. The van der Waals surface area contributed by atoms with Gasteiger partial charge in [-0.05, 0) is 36.4 Å². The Morgan fingerprint density at radius 1 is 1.04 bits per heavy atom. The minimum atomic E-state index is -3.52. The Labute approximate surface area is 156 Å². The second-order valence-electron chi connectivity index (χ2n) is 5.45. The SMILES string of the molecule is CS(=O)(=O)c1ccccc1NC(=O)COC(=O)COc1ccc(C=O)cc1. The molecule has 1 N–H and O–H groups in total. The van der Waals surface area contributed by atoms with Gasteiger partial charge in [-0.15, -0.1) is 0 Å². The van der Waals surface area contributed by atoms with Crippen LogP contribution in [-0.2, 0) is 24.2 Å². The summed E-state index contributed by atoms with van der Waals surface area (Å²) in [4.78, 5) is 34.0. The molecule has 0 bridgehead atoms. The number of anilines is 1. The molecular weight excluding hydrogens is 374 g/mol. The molecule has 0 heterocycles. The van der Waals surface area contributed by atoms with E-state index in [1.165, 1.54) is 42.5 Å². The Kier molecular flexibility index (Phi) is 6.67. The number of para-hydroxylation sites is 1. The van der Waals surface area contributed by atoms with E-state index in [0.717, 1.165) is 6.26 Å². The smallest absolute Gasteiger partial charge is 0.344 e. The Bertz CT molecular complexity index is 936. The summed E-state index contributed by atoms with van der Waals surface area (Å²) in [5.41, 5.74) is 0.573. The highest BCUT2D eigenvalue weighted by Crippen LogP contribution is 2.20. The lowest BCUT2D eigenvalue weighted by atomic mass is 10.2. The molecule has 0 radical (unpaired) electrons. The van der Waals surface area contributed by atoms with Gasteiger partial charge in [0.1, 0.15) is 12.0 Å². The molecule has 1 amide bonds. The fourth-order valence-corrected chi connectivity index (χ4v) is 2.90. The molecule has 0 aliphatic heterocycles. The van der Waals surface area contributed by atoms with Crippen molar-refractivity contribution in [3.8, 4) is 5.75 Å². The number of benzene rings is 2. The first-order valence-electron chi connectivity index (χ1n) is 7.72. The number of rotatable bonds is 8. The van der Waals surface area contributed by atoms with Gasteiger partial charge in [0, 0.05) is 11.8 Å². The second kappa shape index (κ2) is 8.95. The predicted octanol–water partition coefficient (Wildman–Crippen LogP) is 1.46. The van der Waals surface area contributed by atoms with Crippen LogP contribution in [0.5, 0.6) is 5.75 Å². The average Bonchev–Trinajstić information content (AvgIpc) is 2.64. The summed E-state index contributed by atoms with van der Waals surface area (Å²) in [5, 5.41) is 2.39. The second-order valence-corrected chi connectivity index (χ2v) is 7.44. The zero-order valence-electron chi connectivity index (χ0n) is 14.4. The fraction of sp³-hybridized carbons (Fsp3) is 0.167. The van der Waals surface area contributed by atoms with E-state index in [-0.39, 0.29) is 10.6 Å². The van der Waals surface area contributed by atoms with Crippen molar-refractivity contribution in [3.05, 3.63) is 54.1 Å². The number of hydrogen-bond acceptors (Lipinski definition) is 7. The third-order valence-corrected chi connectivity index (χ3v) is 4.45. The maximum atomic E-state index is 11.9. The van der Waals surface area contributed by atoms with E-state index >= 15 is 0 Å². The average molecular weight is 391 g/mol. The molecule has 0 saturated carbocycles. The van der Waals surface area contributed by atoms with Crippen molar-refractivity contribution in [3.63, 3.8) is 0 Å². The molecule has 0 atom stereocenters. The van der Waals surface area contributed by atoms with Crippen LogP contribution in [0, 0.1) is 0 Å². The van der Waals surface area contributed by atoms with Crippen LogP contribution in [-0.4, -0.2) is 46.0 Å². The molecule has 0 spiro atoms. The quantitative estimate of drug-likeness (QED) is 0.535. The van der Waals surface area contributed by atoms with E-state index in [1.807, 2.05) is 0 Å². The number of carbonyl (C=O) groups excluding carboxylic acids is 3. The number of ether oxygens (including phenoxy) is 2. The minimum absolute atomic E-state index is 0.0354. The fourth-order valence-electron chi connectivity index (χ4n) is 2.05. The van der Waals surface area contributed by atoms with Crippen LogP contribution in [0.15, 0.2) is 53.4 Å². The van der Waals surface area contributed by atoms with Crippen LogP contribution in [0.1, 0.15) is 10.4 Å².